The van der Waals surface area contributed by atoms with Gasteiger partial charge in [-0.3, -0.25) is 14.5 Å². The first-order valence-electron chi connectivity index (χ1n) is 6.38. The van der Waals surface area contributed by atoms with Crippen LogP contribution in [0.1, 0.15) is 11.5 Å². The number of aliphatic carboxylic acids is 1. The average molecular weight is 278 g/mol. The van der Waals surface area contributed by atoms with Gasteiger partial charge in [0.1, 0.15) is 5.75 Å². The molecule has 1 aliphatic heterocycles. The van der Waals surface area contributed by atoms with Crippen LogP contribution in [-0.2, 0) is 9.59 Å². The Morgan fingerprint density at radius 3 is 2.80 bits per heavy atom. The van der Waals surface area contributed by atoms with Gasteiger partial charge in [0.15, 0.2) is 0 Å². The minimum absolute atomic E-state index is 0.0875. The summed E-state index contributed by atoms with van der Waals surface area (Å²) in [5.74, 6) is -1.31. The zero-order valence-electron chi connectivity index (χ0n) is 11.3. The van der Waals surface area contributed by atoms with Crippen molar-refractivity contribution < 1.29 is 19.4 Å². The standard InChI is InChI=1S/C14H18N2O4/c1-20-10-4-2-3-9(5-10)11-6-16(8-13(15)17)7-12(11)14(18)19/h2-5,11-12H,6-8H2,1H3,(H2,15,17)(H,18,19)/t11-,12+/m0/s1. The molecular weight excluding hydrogens is 260 g/mol. The molecule has 0 bridgehead atoms. The van der Waals surface area contributed by atoms with Gasteiger partial charge in [0.05, 0.1) is 19.6 Å². The molecule has 0 radical (unpaired) electrons. The lowest BCUT2D eigenvalue weighted by atomic mass is 9.89. The molecule has 20 heavy (non-hydrogen) atoms. The number of carboxylic acid groups (broad SMARTS) is 1. The van der Waals surface area contributed by atoms with Crippen molar-refractivity contribution in [2.45, 2.75) is 5.92 Å². The normalized spacial score (nSPS) is 22.6. The maximum absolute atomic E-state index is 11.4. The van der Waals surface area contributed by atoms with Gasteiger partial charge < -0.3 is 15.6 Å². The second-order valence-electron chi connectivity index (χ2n) is 4.99. The molecule has 3 N–H and O–H groups in total. The number of benzene rings is 1. The zero-order chi connectivity index (χ0) is 14.7. The third-order valence-electron chi connectivity index (χ3n) is 3.61. The zero-order valence-corrected chi connectivity index (χ0v) is 11.3. The Bertz CT molecular complexity index is 518. The number of ether oxygens (including phenoxy) is 1. The number of carbonyl (C=O) groups is 2. The van der Waals surface area contributed by atoms with Crippen molar-refractivity contribution in [1.82, 2.24) is 4.90 Å². The van der Waals surface area contributed by atoms with Gasteiger partial charge >= 0.3 is 5.97 Å². The highest BCUT2D eigenvalue weighted by Gasteiger charge is 2.38. The highest BCUT2D eigenvalue weighted by atomic mass is 16.5. The SMILES string of the molecule is COc1cccc([C@@H]2CN(CC(N)=O)C[C@H]2C(=O)O)c1. The van der Waals surface area contributed by atoms with Crippen LogP contribution in [0.15, 0.2) is 24.3 Å². The van der Waals surface area contributed by atoms with E-state index in [2.05, 4.69) is 0 Å². The first-order valence-corrected chi connectivity index (χ1v) is 6.38. The molecule has 0 aromatic heterocycles. The van der Waals surface area contributed by atoms with Crippen molar-refractivity contribution in [1.29, 1.82) is 0 Å². The maximum Gasteiger partial charge on any atom is 0.308 e. The van der Waals surface area contributed by atoms with Crippen LogP contribution in [0.2, 0.25) is 0 Å². The van der Waals surface area contributed by atoms with Gasteiger partial charge in [-0.25, -0.2) is 0 Å². The number of hydrogen-bond acceptors (Lipinski definition) is 4. The summed E-state index contributed by atoms with van der Waals surface area (Å²) >= 11 is 0. The average Bonchev–Trinajstić information content (AvgIpc) is 2.82. The molecule has 1 aromatic carbocycles. The Morgan fingerprint density at radius 2 is 2.20 bits per heavy atom. The minimum atomic E-state index is -0.857. The molecule has 2 atom stereocenters. The number of rotatable bonds is 5. The molecule has 108 valence electrons. The Kier molecular flexibility index (Phi) is 4.24. The highest BCUT2D eigenvalue weighted by molar-refractivity contribution is 5.77. The Morgan fingerprint density at radius 1 is 1.45 bits per heavy atom. The number of carboxylic acids is 1. The summed E-state index contributed by atoms with van der Waals surface area (Å²) in [5.41, 5.74) is 6.08. The highest BCUT2D eigenvalue weighted by Crippen LogP contribution is 2.34. The molecule has 1 heterocycles. The van der Waals surface area contributed by atoms with Crippen LogP contribution < -0.4 is 10.5 Å². The Hall–Kier alpha value is -2.08. The summed E-state index contributed by atoms with van der Waals surface area (Å²) in [6.45, 7) is 0.928. The molecule has 1 saturated heterocycles. The van der Waals surface area contributed by atoms with E-state index in [-0.39, 0.29) is 12.5 Å². The van der Waals surface area contributed by atoms with Crippen LogP contribution in [0.5, 0.6) is 5.75 Å². The Balaban J connectivity index is 2.22. The monoisotopic (exact) mass is 278 g/mol. The van der Waals surface area contributed by atoms with Crippen molar-refractivity contribution in [3.05, 3.63) is 29.8 Å². The van der Waals surface area contributed by atoms with Crippen molar-refractivity contribution in [3.63, 3.8) is 0 Å². The molecule has 1 aliphatic rings. The van der Waals surface area contributed by atoms with Gasteiger partial charge in [0.2, 0.25) is 5.91 Å². The largest absolute Gasteiger partial charge is 0.497 e. The summed E-state index contributed by atoms with van der Waals surface area (Å²) in [4.78, 5) is 24.2. The van der Waals surface area contributed by atoms with E-state index in [9.17, 15) is 14.7 Å². The van der Waals surface area contributed by atoms with E-state index in [1.807, 2.05) is 24.3 Å². The Labute approximate surface area is 117 Å². The quantitative estimate of drug-likeness (QED) is 0.807. The number of hydrogen-bond donors (Lipinski definition) is 2. The minimum Gasteiger partial charge on any atom is -0.497 e. The van der Waals surface area contributed by atoms with E-state index in [1.165, 1.54) is 0 Å². The van der Waals surface area contributed by atoms with E-state index in [0.717, 1.165) is 5.56 Å². The molecule has 0 aliphatic carbocycles. The number of carbonyl (C=O) groups excluding carboxylic acids is 1. The molecule has 0 unspecified atom stereocenters. The lowest BCUT2D eigenvalue weighted by molar-refractivity contribution is -0.141. The smallest absolute Gasteiger partial charge is 0.308 e. The van der Waals surface area contributed by atoms with E-state index in [4.69, 9.17) is 10.5 Å². The van der Waals surface area contributed by atoms with Gasteiger partial charge in [0, 0.05) is 19.0 Å². The van der Waals surface area contributed by atoms with E-state index in [0.29, 0.717) is 18.8 Å². The summed E-state index contributed by atoms with van der Waals surface area (Å²) in [6.07, 6.45) is 0. The van der Waals surface area contributed by atoms with Crippen molar-refractivity contribution in [2.24, 2.45) is 11.7 Å². The van der Waals surface area contributed by atoms with Crippen LogP contribution >= 0.6 is 0 Å². The van der Waals surface area contributed by atoms with E-state index < -0.39 is 17.8 Å². The molecule has 1 amide bonds. The third-order valence-corrected chi connectivity index (χ3v) is 3.61. The van der Waals surface area contributed by atoms with Gasteiger partial charge in [-0.1, -0.05) is 12.1 Å². The fourth-order valence-electron chi connectivity index (χ4n) is 2.69. The van der Waals surface area contributed by atoms with Gasteiger partial charge in [0.25, 0.3) is 0 Å². The summed E-state index contributed by atoms with van der Waals surface area (Å²) in [6, 6.07) is 7.38. The molecular formula is C14H18N2O4. The lowest BCUT2D eigenvalue weighted by Crippen LogP contribution is -2.32. The van der Waals surface area contributed by atoms with Crippen LogP contribution in [0.4, 0.5) is 0 Å². The predicted molar refractivity (Wildman–Crippen MR) is 72.5 cm³/mol. The van der Waals surface area contributed by atoms with Gasteiger partial charge in [-0.05, 0) is 17.7 Å². The second kappa shape index (κ2) is 5.92. The van der Waals surface area contributed by atoms with E-state index >= 15 is 0 Å². The maximum atomic E-state index is 11.4. The molecule has 6 nitrogen and oxygen atoms in total. The van der Waals surface area contributed by atoms with Crippen LogP contribution in [0, 0.1) is 5.92 Å². The molecule has 1 fully saturated rings. The first-order chi connectivity index (χ1) is 9.51. The van der Waals surface area contributed by atoms with E-state index in [1.54, 1.807) is 12.0 Å². The van der Waals surface area contributed by atoms with Crippen molar-refractivity contribution in [3.8, 4) is 5.75 Å². The first kappa shape index (κ1) is 14.3. The predicted octanol–water partition coefficient (Wildman–Crippen LogP) is 0.280. The molecule has 6 heteroatoms. The van der Waals surface area contributed by atoms with Gasteiger partial charge in [-0.15, -0.1) is 0 Å². The third kappa shape index (κ3) is 3.08. The number of methoxy groups -OCH3 is 1. The summed E-state index contributed by atoms with van der Waals surface area (Å²) in [5, 5.41) is 9.35. The van der Waals surface area contributed by atoms with Crippen LogP contribution in [0.3, 0.4) is 0 Å². The number of likely N-dealkylation sites (tertiary alicyclic amines) is 1. The number of nitrogens with zero attached hydrogens (tertiary/aromatic N) is 1. The number of primary amides is 1. The molecule has 1 aromatic rings. The van der Waals surface area contributed by atoms with Crippen LogP contribution in [0.25, 0.3) is 0 Å². The van der Waals surface area contributed by atoms with Crippen LogP contribution in [-0.4, -0.2) is 48.6 Å². The summed E-state index contributed by atoms with van der Waals surface area (Å²) in [7, 11) is 1.57. The second-order valence-corrected chi connectivity index (χ2v) is 4.99. The van der Waals surface area contributed by atoms with Crippen molar-refractivity contribution >= 4 is 11.9 Å². The fourth-order valence-corrected chi connectivity index (χ4v) is 2.69. The topological polar surface area (TPSA) is 92.9 Å². The summed E-state index contributed by atoms with van der Waals surface area (Å²) < 4.78 is 5.17. The van der Waals surface area contributed by atoms with Gasteiger partial charge in [-0.2, -0.15) is 0 Å². The number of amides is 1. The lowest BCUT2D eigenvalue weighted by Gasteiger charge is -2.16. The molecule has 0 spiro atoms. The molecule has 2 rings (SSSR count). The number of nitrogens with two attached hydrogens (primary N) is 1. The fraction of sp³-hybridized carbons (Fsp3) is 0.429. The molecule has 0 saturated carbocycles. The van der Waals surface area contributed by atoms with Crippen molar-refractivity contribution in [2.75, 3.05) is 26.7 Å².